The van der Waals surface area contributed by atoms with Crippen LogP contribution in [0.5, 0.6) is 11.6 Å². The van der Waals surface area contributed by atoms with Gasteiger partial charge in [-0.25, -0.2) is 4.98 Å². The molecule has 0 bridgehead atoms. The van der Waals surface area contributed by atoms with Crippen molar-refractivity contribution in [2.24, 2.45) is 0 Å². The first kappa shape index (κ1) is 18.6. The average molecular weight is 520 g/mol. The van der Waals surface area contributed by atoms with E-state index in [-0.39, 0.29) is 16.8 Å². The quantitative estimate of drug-likeness (QED) is 0.334. The van der Waals surface area contributed by atoms with E-state index in [0.29, 0.717) is 22.0 Å². The molecular weight excluding hydrogens is 491 g/mol. The summed E-state index contributed by atoms with van der Waals surface area (Å²) in [5, 5.41) is 11.3. The first-order valence-electron chi connectivity index (χ1n) is 13.6. The first-order valence-corrected chi connectivity index (χ1v) is 10.6. The average Bonchev–Trinajstić information content (AvgIpc) is 3.30. The second-order valence-electron chi connectivity index (χ2n) is 7.78. The van der Waals surface area contributed by atoms with E-state index in [1.165, 1.54) is 37.4 Å². The number of rotatable bonds is 7. The Morgan fingerprint density at radius 3 is 2.70 bits per heavy atom. The Hall–Kier alpha value is -4.61. The topological polar surface area (TPSA) is 118 Å². The van der Waals surface area contributed by atoms with Crippen LogP contribution in [0.2, 0.25) is 0 Å². The number of benzene rings is 2. The number of methoxy groups -OCH3 is 1. The number of nitrogens with one attached hydrogen (secondary N) is 3. The largest absolute Gasteiger partial charge is 0.573 e. The molecule has 0 saturated heterocycles. The second kappa shape index (κ2) is 10.2. The van der Waals surface area contributed by atoms with Crippen molar-refractivity contribution in [2.75, 3.05) is 14.0 Å². The monoisotopic (exact) mass is 519 g/mol. The van der Waals surface area contributed by atoms with Gasteiger partial charge in [0.2, 0.25) is 5.88 Å². The van der Waals surface area contributed by atoms with Gasteiger partial charge in [0.25, 0.3) is 11.8 Å². The molecule has 4 rings (SSSR count). The van der Waals surface area contributed by atoms with E-state index in [4.69, 9.17) is 13.0 Å². The van der Waals surface area contributed by atoms with Crippen molar-refractivity contribution in [3.8, 4) is 22.8 Å². The summed E-state index contributed by atoms with van der Waals surface area (Å²) in [6.07, 6.45) is -3.66. The van der Waals surface area contributed by atoms with Gasteiger partial charge in [0.1, 0.15) is 11.3 Å². The molecule has 2 amide bonds. The Labute approximate surface area is 217 Å². The van der Waals surface area contributed by atoms with Gasteiger partial charge >= 0.3 is 6.36 Å². The van der Waals surface area contributed by atoms with Gasteiger partial charge in [-0.05, 0) is 48.4 Å². The van der Waals surface area contributed by atoms with Gasteiger partial charge in [-0.1, -0.05) is 18.2 Å². The van der Waals surface area contributed by atoms with E-state index in [0.717, 1.165) is 12.1 Å². The molecule has 12 heteroatoms. The van der Waals surface area contributed by atoms with E-state index in [2.05, 4.69) is 25.2 Å². The number of nitrogens with zero attached hydrogens (tertiary/aromatic N) is 2. The van der Waals surface area contributed by atoms with Gasteiger partial charge in [-0.3, -0.25) is 14.7 Å². The summed E-state index contributed by atoms with van der Waals surface area (Å²) in [6.45, 7) is -1.22. The van der Waals surface area contributed by atoms with Gasteiger partial charge < -0.3 is 20.1 Å². The van der Waals surface area contributed by atoms with Crippen molar-refractivity contribution in [3.63, 3.8) is 0 Å². The molecule has 2 heterocycles. The molecule has 0 spiro atoms. The highest BCUT2D eigenvalue weighted by Crippen LogP contribution is 2.29. The summed E-state index contributed by atoms with van der Waals surface area (Å²) in [6, 6.07) is 10.0. The molecule has 0 aliphatic rings. The van der Waals surface area contributed by atoms with Gasteiger partial charge in [-0.2, -0.15) is 5.10 Å². The van der Waals surface area contributed by atoms with E-state index >= 15 is 0 Å². The molecule has 9 nitrogen and oxygen atoms in total. The molecule has 0 fully saturated rings. The van der Waals surface area contributed by atoms with Gasteiger partial charge in [0, 0.05) is 28.2 Å². The van der Waals surface area contributed by atoms with Crippen molar-refractivity contribution in [3.05, 3.63) is 71.5 Å². The van der Waals surface area contributed by atoms with Crippen molar-refractivity contribution in [2.45, 2.75) is 19.3 Å². The number of aromatic amines is 1. The Kier molecular flexibility index (Phi) is 5.12. The molecule has 0 aliphatic heterocycles. The summed E-state index contributed by atoms with van der Waals surface area (Å²) in [5.74, 6) is -2.77. The van der Waals surface area contributed by atoms with Crippen LogP contribution in [0.1, 0.15) is 47.6 Å². The van der Waals surface area contributed by atoms with Crippen LogP contribution in [-0.4, -0.2) is 47.4 Å². The number of aromatic nitrogens is 3. The molecule has 3 N–H and O–H groups in total. The third-order valence-corrected chi connectivity index (χ3v) is 5.36. The number of halogens is 3. The lowest BCUT2D eigenvalue weighted by atomic mass is 10.0. The summed E-state index contributed by atoms with van der Waals surface area (Å²) in [7, 11) is -2.96. The standard InChI is InChI=1S/C25H22F3N5O4/c1-13(14-5-4-6-17(9-14)37-25(26,27)28)31-22(34)19-10-16(12-30-24(19)36-3)15-7-8-18-20(11-15)32-33-21(18)23(35)29-2/h4-13H,1-3H3,(H,29,35)(H,31,34)(H,32,33)/t13-/m1/s1/i2D3,3D3. The third kappa shape index (κ3) is 5.63. The normalized spacial score (nSPS) is 15.2. The molecule has 2 aromatic carbocycles. The smallest absolute Gasteiger partial charge is 0.480 e. The fourth-order valence-electron chi connectivity index (χ4n) is 3.62. The Morgan fingerprint density at radius 1 is 1.11 bits per heavy atom. The van der Waals surface area contributed by atoms with E-state index in [9.17, 15) is 22.8 Å². The molecule has 2 aromatic heterocycles. The number of fused-ring (bicyclic) bond motifs is 1. The van der Waals surface area contributed by atoms with Crippen LogP contribution in [0.4, 0.5) is 13.2 Å². The summed E-state index contributed by atoms with van der Waals surface area (Å²) < 4.78 is 90.7. The van der Waals surface area contributed by atoms with Crippen LogP contribution in [0, 0.1) is 0 Å². The van der Waals surface area contributed by atoms with Gasteiger partial charge in [-0.15, -0.1) is 13.2 Å². The number of hydrogen-bond donors (Lipinski definition) is 3. The zero-order valence-electron chi connectivity index (χ0n) is 24.9. The predicted octanol–water partition coefficient (Wildman–Crippen LogP) is 4.38. The maximum atomic E-state index is 13.3. The SMILES string of the molecule is [2H]C([2H])([2H])NC(=O)c1n[nH]c2cc(-c3cnc(OC([2H])([2H])[2H])c(C(=O)N[C@H](C)c4cccc(OC(F)(F)F)c4)c3)ccc12. The van der Waals surface area contributed by atoms with Crippen LogP contribution >= 0.6 is 0 Å². The van der Waals surface area contributed by atoms with Gasteiger partial charge in [0.05, 0.1) is 22.7 Å². The first-order chi connectivity index (χ1) is 19.9. The number of carbonyl (C=O) groups is 2. The summed E-state index contributed by atoms with van der Waals surface area (Å²) in [5.41, 5.74) is 0.936. The molecule has 192 valence electrons. The second-order valence-corrected chi connectivity index (χ2v) is 7.78. The van der Waals surface area contributed by atoms with Crippen LogP contribution in [-0.2, 0) is 0 Å². The maximum Gasteiger partial charge on any atom is 0.573 e. The number of carbonyl (C=O) groups excluding carboxylic acids is 2. The van der Waals surface area contributed by atoms with Gasteiger partial charge in [0.15, 0.2) is 5.69 Å². The predicted molar refractivity (Wildman–Crippen MR) is 128 cm³/mol. The highest BCUT2D eigenvalue weighted by molar-refractivity contribution is 6.05. The summed E-state index contributed by atoms with van der Waals surface area (Å²) in [4.78, 5) is 29.6. The van der Waals surface area contributed by atoms with E-state index in [1.807, 2.05) is 5.32 Å². The number of pyridine rings is 1. The van der Waals surface area contributed by atoms with Crippen molar-refractivity contribution in [1.29, 1.82) is 0 Å². The Bertz CT molecular complexity index is 1670. The molecule has 0 saturated carbocycles. The highest BCUT2D eigenvalue weighted by Gasteiger charge is 2.31. The summed E-state index contributed by atoms with van der Waals surface area (Å²) >= 11 is 0. The number of hydrogen-bond acceptors (Lipinski definition) is 6. The molecule has 0 radical (unpaired) electrons. The number of amides is 2. The van der Waals surface area contributed by atoms with E-state index < -0.39 is 49.9 Å². The lowest BCUT2D eigenvalue weighted by Crippen LogP contribution is -2.27. The number of alkyl halides is 3. The zero-order valence-corrected chi connectivity index (χ0v) is 18.9. The molecule has 4 aromatic rings. The van der Waals surface area contributed by atoms with Crippen molar-refractivity contribution in [1.82, 2.24) is 25.8 Å². The molecular formula is C25H22F3N5O4. The maximum absolute atomic E-state index is 13.3. The lowest BCUT2D eigenvalue weighted by molar-refractivity contribution is -0.274. The number of ether oxygens (including phenoxy) is 2. The Balaban J connectivity index is 1.65. The lowest BCUT2D eigenvalue weighted by Gasteiger charge is -2.17. The number of H-pyrrole nitrogens is 1. The minimum atomic E-state index is -4.91. The molecule has 0 unspecified atom stereocenters. The Morgan fingerprint density at radius 2 is 1.95 bits per heavy atom. The third-order valence-electron chi connectivity index (χ3n) is 5.36. The molecule has 0 aliphatic carbocycles. The van der Waals surface area contributed by atoms with Crippen LogP contribution in [0.15, 0.2) is 54.7 Å². The minimum Gasteiger partial charge on any atom is -0.480 e. The highest BCUT2D eigenvalue weighted by atomic mass is 19.4. The zero-order chi connectivity index (χ0) is 31.7. The van der Waals surface area contributed by atoms with Crippen LogP contribution in [0.3, 0.4) is 0 Å². The van der Waals surface area contributed by atoms with E-state index in [1.54, 1.807) is 12.1 Å². The fraction of sp³-hybridized carbons (Fsp3) is 0.200. The molecule has 1 atom stereocenters. The fourth-order valence-corrected chi connectivity index (χ4v) is 3.62. The van der Waals surface area contributed by atoms with Crippen molar-refractivity contribution < 1.29 is 40.5 Å². The van der Waals surface area contributed by atoms with Crippen molar-refractivity contribution >= 4 is 22.7 Å². The van der Waals surface area contributed by atoms with Crippen LogP contribution in [0.25, 0.3) is 22.0 Å². The molecule has 37 heavy (non-hydrogen) atoms. The minimum absolute atomic E-state index is 0.156. The van der Waals surface area contributed by atoms with Crippen LogP contribution < -0.4 is 20.1 Å².